The van der Waals surface area contributed by atoms with Crippen molar-refractivity contribution < 1.29 is 19.5 Å². The topological polar surface area (TPSA) is 95.5 Å². The van der Waals surface area contributed by atoms with Crippen molar-refractivity contribution in [2.24, 2.45) is 5.41 Å². The van der Waals surface area contributed by atoms with E-state index in [1.165, 1.54) is 25.2 Å². The standard InChI is InChI=1S/C12H15BrN2O4S/c1-12(2,10(17)18)5-9(16)15-11(19)14-6-8-7(13)3-4-20-8/h3-4H,5-6H2,1-2H3,(H,17,18)(H2,14,15,16,19). The van der Waals surface area contributed by atoms with Crippen molar-refractivity contribution in [2.75, 3.05) is 0 Å². The third-order valence-electron chi connectivity index (χ3n) is 2.53. The highest BCUT2D eigenvalue weighted by Gasteiger charge is 2.30. The number of hydrogen-bond donors (Lipinski definition) is 3. The lowest BCUT2D eigenvalue weighted by Crippen LogP contribution is -2.41. The lowest BCUT2D eigenvalue weighted by molar-refractivity contribution is -0.149. The van der Waals surface area contributed by atoms with Crippen molar-refractivity contribution in [3.8, 4) is 0 Å². The van der Waals surface area contributed by atoms with E-state index in [1.54, 1.807) is 0 Å². The maximum Gasteiger partial charge on any atom is 0.321 e. The monoisotopic (exact) mass is 362 g/mol. The van der Waals surface area contributed by atoms with E-state index in [4.69, 9.17) is 5.11 Å². The van der Waals surface area contributed by atoms with Crippen molar-refractivity contribution in [3.63, 3.8) is 0 Å². The molecule has 0 bridgehead atoms. The van der Waals surface area contributed by atoms with Crippen LogP contribution in [-0.2, 0) is 16.1 Å². The molecule has 1 aromatic heterocycles. The summed E-state index contributed by atoms with van der Waals surface area (Å²) in [6, 6.07) is 1.22. The van der Waals surface area contributed by atoms with Gasteiger partial charge in [0.15, 0.2) is 0 Å². The smallest absolute Gasteiger partial charge is 0.321 e. The molecule has 6 nitrogen and oxygen atoms in total. The summed E-state index contributed by atoms with van der Waals surface area (Å²) in [4.78, 5) is 34.9. The average molecular weight is 363 g/mol. The Balaban J connectivity index is 2.41. The van der Waals surface area contributed by atoms with Gasteiger partial charge in [-0.15, -0.1) is 11.3 Å². The second kappa shape index (κ2) is 6.85. The van der Waals surface area contributed by atoms with Gasteiger partial charge < -0.3 is 10.4 Å². The zero-order valence-corrected chi connectivity index (χ0v) is 13.4. The molecule has 3 N–H and O–H groups in total. The van der Waals surface area contributed by atoms with Crippen LogP contribution in [0.4, 0.5) is 4.79 Å². The van der Waals surface area contributed by atoms with Gasteiger partial charge in [0.05, 0.1) is 12.0 Å². The van der Waals surface area contributed by atoms with Gasteiger partial charge in [-0.25, -0.2) is 4.79 Å². The lowest BCUT2D eigenvalue weighted by atomic mass is 9.89. The highest BCUT2D eigenvalue weighted by atomic mass is 79.9. The molecule has 0 aliphatic heterocycles. The van der Waals surface area contributed by atoms with E-state index in [0.717, 1.165) is 9.35 Å². The van der Waals surface area contributed by atoms with E-state index in [0.29, 0.717) is 6.54 Å². The molecule has 0 radical (unpaired) electrons. The Hall–Kier alpha value is -1.41. The van der Waals surface area contributed by atoms with Crippen LogP contribution in [0.15, 0.2) is 15.9 Å². The molecule has 3 amide bonds. The summed E-state index contributed by atoms with van der Waals surface area (Å²) in [5.41, 5.74) is -1.21. The van der Waals surface area contributed by atoms with Crippen LogP contribution in [0, 0.1) is 5.41 Å². The highest BCUT2D eigenvalue weighted by Crippen LogP contribution is 2.22. The number of hydrogen-bond acceptors (Lipinski definition) is 4. The first kappa shape index (κ1) is 16.6. The molecule has 0 aromatic carbocycles. The summed E-state index contributed by atoms with van der Waals surface area (Å²) < 4.78 is 0.890. The maximum absolute atomic E-state index is 11.6. The summed E-state index contributed by atoms with van der Waals surface area (Å²) in [5, 5.41) is 15.4. The minimum Gasteiger partial charge on any atom is -0.481 e. The fourth-order valence-corrected chi connectivity index (χ4v) is 2.74. The summed E-state index contributed by atoms with van der Waals surface area (Å²) in [6.45, 7) is 3.14. The van der Waals surface area contributed by atoms with Gasteiger partial charge in [0, 0.05) is 15.8 Å². The van der Waals surface area contributed by atoms with Gasteiger partial charge in [-0.3, -0.25) is 14.9 Å². The molecular formula is C12H15BrN2O4S. The Morgan fingerprint density at radius 2 is 2.05 bits per heavy atom. The van der Waals surface area contributed by atoms with Crippen LogP contribution >= 0.6 is 27.3 Å². The van der Waals surface area contributed by atoms with Crippen molar-refractivity contribution in [1.82, 2.24) is 10.6 Å². The van der Waals surface area contributed by atoms with Gasteiger partial charge in [0.2, 0.25) is 5.91 Å². The number of carbonyl (C=O) groups excluding carboxylic acids is 2. The molecule has 1 aromatic rings. The minimum atomic E-state index is -1.21. The van der Waals surface area contributed by atoms with Gasteiger partial charge in [0.25, 0.3) is 0 Å². The maximum atomic E-state index is 11.6. The summed E-state index contributed by atoms with van der Waals surface area (Å²) in [7, 11) is 0. The molecule has 0 spiro atoms. The molecule has 0 atom stereocenters. The third-order valence-corrected chi connectivity index (χ3v) is 4.46. The van der Waals surface area contributed by atoms with Crippen LogP contribution in [0.5, 0.6) is 0 Å². The number of rotatable bonds is 5. The van der Waals surface area contributed by atoms with E-state index in [9.17, 15) is 14.4 Å². The minimum absolute atomic E-state index is 0.265. The normalized spacial score (nSPS) is 10.9. The number of nitrogens with one attached hydrogen (secondary N) is 2. The number of imide groups is 1. The van der Waals surface area contributed by atoms with Crippen LogP contribution in [-0.4, -0.2) is 23.0 Å². The molecule has 0 fully saturated rings. The molecule has 20 heavy (non-hydrogen) atoms. The highest BCUT2D eigenvalue weighted by molar-refractivity contribution is 9.10. The number of thiophene rings is 1. The molecule has 8 heteroatoms. The molecule has 0 aliphatic carbocycles. The Morgan fingerprint density at radius 1 is 1.40 bits per heavy atom. The Kier molecular flexibility index (Phi) is 5.70. The molecule has 0 saturated heterocycles. The van der Waals surface area contributed by atoms with Crippen molar-refractivity contribution >= 4 is 45.2 Å². The van der Waals surface area contributed by atoms with Gasteiger partial charge >= 0.3 is 12.0 Å². The second-order valence-electron chi connectivity index (χ2n) is 4.79. The number of aliphatic carboxylic acids is 1. The van der Waals surface area contributed by atoms with Crippen LogP contribution in [0.2, 0.25) is 0 Å². The van der Waals surface area contributed by atoms with E-state index in [1.807, 2.05) is 11.4 Å². The SMILES string of the molecule is CC(C)(CC(=O)NC(=O)NCc1sccc1Br)C(=O)O. The lowest BCUT2D eigenvalue weighted by Gasteiger charge is -2.17. The molecule has 110 valence electrons. The Labute approximate surface area is 128 Å². The predicted molar refractivity (Wildman–Crippen MR) is 78.4 cm³/mol. The molecular weight excluding hydrogens is 348 g/mol. The van der Waals surface area contributed by atoms with Gasteiger partial charge in [0.1, 0.15) is 0 Å². The van der Waals surface area contributed by atoms with E-state index < -0.39 is 23.3 Å². The number of urea groups is 1. The van der Waals surface area contributed by atoms with E-state index in [-0.39, 0.29) is 6.42 Å². The Morgan fingerprint density at radius 3 is 2.55 bits per heavy atom. The van der Waals surface area contributed by atoms with E-state index in [2.05, 4.69) is 26.6 Å². The van der Waals surface area contributed by atoms with Gasteiger partial charge in [-0.1, -0.05) is 0 Å². The number of carbonyl (C=O) groups is 3. The van der Waals surface area contributed by atoms with Crippen molar-refractivity contribution in [1.29, 1.82) is 0 Å². The molecule has 1 rings (SSSR count). The molecule has 0 unspecified atom stereocenters. The number of amides is 3. The van der Waals surface area contributed by atoms with Crippen LogP contribution < -0.4 is 10.6 Å². The largest absolute Gasteiger partial charge is 0.481 e. The number of carboxylic acids is 1. The first-order valence-electron chi connectivity index (χ1n) is 5.75. The predicted octanol–water partition coefficient (Wildman–Crippen LogP) is 2.34. The van der Waals surface area contributed by atoms with Gasteiger partial charge in [-0.2, -0.15) is 0 Å². The van der Waals surface area contributed by atoms with Crippen LogP contribution in [0.3, 0.4) is 0 Å². The van der Waals surface area contributed by atoms with Crippen LogP contribution in [0.25, 0.3) is 0 Å². The fourth-order valence-electron chi connectivity index (χ4n) is 1.30. The van der Waals surface area contributed by atoms with Gasteiger partial charge in [-0.05, 0) is 41.2 Å². The Bertz CT molecular complexity index is 527. The summed E-state index contributed by atoms with van der Waals surface area (Å²) in [5.74, 6) is -1.71. The zero-order chi connectivity index (χ0) is 15.3. The number of halogens is 1. The second-order valence-corrected chi connectivity index (χ2v) is 6.64. The molecule has 0 saturated carbocycles. The van der Waals surface area contributed by atoms with Crippen LogP contribution in [0.1, 0.15) is 25.1 Å². The third kappa shape index (κ3) is 4.93. The van der Waals surface area contributed by atoms with Crippen molar-refractivity contribution in [3.05, 3.63) is 20.8 Å². The average Bonchev–Trinajstić information content (AvgIpc) is 2.71. The summed E-state index contributed by atoms with van der Waals surface area (Å²) >= 11 is 4.80. The first-order chi connectivity index (χ1) is 9.22. The zero-order valence-electron chi connectivity index (χ0n) is 11.0. The van der Waals surface area contributed by atoms with E-state index >= 15 is 0 Å². The summed E-state index contributed by atoms with van der Waals surface area (Å²) in [6.07, 6.45) is -0.265. The quantitative estimate of drug-likeness (QED) is 0.748. The fraction of sp³-hybridized carbons (Fsp3) is 0.417. The molecule has 1 heterocycles. The van der Waals surface area contributed by atoms with Crippen molar-refractivity contribution in [2.45, 2.75) is 26.8 Å². The number of carboxylic acid groups (broad SMARTS) is 1. The first-order valence-corrected chi connectivity index (χ1v) is 7.42. The molecule has 0 aliphatic rings.